The molecule has 0 spiro atoms. The molecule has 6 heteroatoms. The average molecular weight is 405 g/mol. The van der Waals surface area contributed by atoms with E-state index in [2.05, 4.69) is 46.7 Å². The van der Waals surface area contributed by atoms with E-state index in [1.54, 1.807) is 10.9 Å². The highest BCUT2D eigenvalue weighted by Crippen LogP contribution is 2.17. The van der Waals surface area contributed by atoms with Crippen molar-refractivity contribution in [2.75, 3.05) is 13.1 Å². The van der Waals surface area contributed by atoms with Gasteiger partial charge in [0, 0.05) is 19.6 Å². The number of piperidine rings is 1. The number of aryl methyl sites for hydroxylation is 2. The highest BCUT2D eigenvalue weighted by Gasteiger charge is 2.25. The predicted molar refractivity (Wildman–Crippen MR) is 115 cm³/mol. The first-order valence-corrected chi connectivity index (χ1v) is 10.7. The lowest BCUT2D eigenvalue weighted by atomic mass is 10.1. The van der Waals surface area contributed by atoms with Gasteiger partial charge in [-0.1, -0.05) is 65.9 Å². The molecule has 3 aromatic rings. The Balaban J connectivity index is 1.20. The van der Waals surface area contributed by atoms with E-state index in [0.29, 0.717) is 25.4 Å². The van der Waals surface area contributed by atoms with E-state index in [4.69, 9.17) is 4.74 Å². The van der Waals surface area contributed by atoms with Crippen LogP contribution < -0.4 is 0 Å². The fraction of sp³-hybridized carbons (Fsp3) is 0.375. The van der Waals surface area contributed by atoms with Gasteiger partial charge in [0.2, 0.25) is 0 Å². The minimum atomic E-state index is -0.0363. The van der Waals surface area contributed by atoms with Crippen LogP contribution in [0.25, 0.3) is 0 Å². The predicted octanol–water partition coefficient (Wildman–Crippen LogP) is 3.73. The number of likely N-dealkylation sites (tertiary alicyclic amines) is 1. The van der Waals surface area contributed by atoms with E-state index < -0.39 is 0 Å². The Hall–Kier alpha value is -2.99. The van der Waals surface area contributed by atoms with Gasteiger partial charge in [-0.25, -0.2) is 0 Å². The highest BCUT2D eigenvalue weighted by atomic mass is 16.5. The van der Waals surface area contributed by atoms with Gasteiger partial charge in [-0.15, -0.1) is 5.10 Å². The number of benzene rings is 2. The third-order valence-electron chi connectivity index (χ3n) is 5.51. The normalized spacial score (nSPS) is 14.7. The number of amides is 1. The van der Waals surface area contributed by atoms with Crippen molar-refractivity contribution < 1.29 is 9.53 Å². The summed E-state index contributed by atoms with van der Waals surface area (Å²) >= 11 is 0. The van der Waals surface area contributed by atoms with Crippen LogP contribution in [0.1, 0.15) is 40.9 Å². The molecule has 1 amide bonds. The Kier molecular flexibility index (Phi) is 6.87. The Bertz CT molecular complexity index is 919. The van der Waals surface area contributed by atoms with Gasteiger partial charge >= 0.3 is 0 Å². The molecule has 1 aliphatic heterocycles. The average Bonchev–Trinajstić information content (AvgIpc) is 3.28. The molecule has 30 heavy (non-hydrogen) atoms. The standard InChI is InChI=1S/C24H28N4O2/c29-24(23-18-28(26-25-23)15-7-12-20-8-3-1-4-9-20)27-16-13-22(14-17-27)30-19-21-10-5-2-6-11-21/h1-6,8-11,18,22H,7,12-17,19H2. The lowest BCUT2D eigenvalue weighted by molar-refractivity contribution is -0.000511. The summed E-state index contributed by atoms with van der Waals surface area (Å²) in [5.74, 6) is -0.0363. The Labute approximate surface area is 177 Å². The van der Waals surface area contributed by atoms with Crippen molar-refractivity contribution in [1.82, 2.24) is 19.9 Å². The Morgan fingerprint density at radius 2 is 1.63 bits per heavy atom. The molecule has 0 atom stereocenters. The lowest BCUT2D eigenvalue weighted by Crippen LogP contribution is -2.41. The van der Waals surface area contributed by atoms with Crippen molar-refractivity contribution >= 4 is 5.91 Å². The molecular formula is C24H28N4O2. The first-order valence-electron chi connectivity index (χ1n) is 10.7. The smallest absolute Gasteiger partial charge is 0.276 e. The molecule has 4 rings (SSSR count). The van der Waals surface area contributed by atoms with Gasteiger partial charge in [0.05, 0.1) is 18.9 Å². The quantitative estimate of drug-likeness (QED) is 0.574. The van der Waals surface area contributed by atoms with Gasteiger partial charge in [0.15, 0.2) is 5.69 Å². The second-order valence-electron chi connectivity index (χ2n) is 7.74. The van der Waals surface area contributed by atoms with Gasteiger partial charge in [0.1, 0.15) is 0 Å². The number of carbonyl (C=O) groups is 1. The summed E-state index contributed by atoms with van der Waals surface area (Å²) < 4.78 is 7.79. The zero-order valence-corrected chi connectivity index (χ0v) is 17.2. The monoisotopic (exact) mass is 404 g/mol. The summed E-state index contributed by atoms with van der Waals surface area (Å²) in [6.45, 7) is 2.76. The molecule has 0 N–H and O–H groups in total. The SMILES string of the molecule is O=C(c1cn(CCCc2ccccc2)nn1)N1CCC(OCc2ccccc2)CC1. The maximum atomic E-state index is 12.8. The van der Waals surface area contributed by atoms with Crippen molar-refractivity contribution in [3.05, 3.63) is 83.7 Å². The zero-order chi connectivity index (χ0) is 20.6. The topological polar surface area (TPSA) is 60.2 Å². The molecule has 0 saturated carbocycles. The van der Waals surface area contributed by atoms with E-state index in [-0.39, 0.29) is 12.0 Å². The molecular weight excluding hydrogens is 376 g/mol. The van der Waals surface area contributed by atoms with Crippen molar-refractivity contribution in [3.8, 4) is 0 Å². The number of nitrogens with zero attached hydrogens (tertiary/aromatic N) is 4. The molecule has 0 unspecified atom stereocenters. The molecule has 156 valence electrons. The third-order valence-corrected chi connectivity index (χ3v) is 5.51. The summed E-state index contributed by atoms with van der Waals surface area (Å²) in [6, 6.07) is 20.6. The van der Waals surface area contributed by atoms with Gasteiger partial charge in [-0.2, -0.15) is 0 Å². The van der Waals surface area contributed by atoms with Gasteiger partial charge < -0.3 is 9.64 Å². The zero-order valence-electron chi connectivity index (χ0n) is 17.2. The second-order valence-corrected chi connectivity index (χ2v) is 7.74. The van der Waals surface area contributed by atoms with Crippen LogP contribution in [0.5, 0.6) is 0 Å². The van der Waals surface area contributed by atoms with Crippen LogP contribution in [0.3, 0.4) is 0 Å². The summed E-state index contributed by atoms with van der Waals surface area (Å²) in [5.41, 5.74) is 2.92. The summed E-state index contributed by atoms with van der Waals surface area (Å²) in [7, 11) is 0. The number of aromatic nitrogens is 3. The van der Waals surface area contributed by atoms with Crippen LogP contribution in [0.2, 0.25) is 0 Å². The number of ether oxygens (including phenoxy) is 1. The molecule has 0 bridgehead atoms. The second kappa shape index (κ2) is 10.2. The summed E-state index contributed by atoms with van der Waals surface area (Å²) in [6.07, 6.45) is 5.62. The molecule has 1 saturated heterocycles. The van der Waals surface area contributed by atoms with Crippen LogP contribution >= 0.6 is 0 Å². The molecule has 0 aliphatic carbocycles. The summed E-state index contributed by atoms with van der Waals surface area (Å²) in [4.78, 5) is 14.6. The van der Waals surface area contributed by atoms with Crippen LogP contribution in [-0.2, 0) is 24.3 Å². The van der Waals surface area contributed by atoms with E-state index in [9.17, 15) is 4.79 Å². The first kappa shape index (κ1) is 20.3. The number of carbonyl (C=O) groups excluding carboxylic acids is 1. The molecule has 2 heterocycles. The van der Waals surface area contributed by atoms with E-state index in [1.165, 1.54) is 11.1 Å². The number of hydrogen-bond acceptors (Lipinski definition) is 4. The fourth-order valence-electron chi connectivity index (χ4n) is 3.77. The molecule has 1 fully saturated rings. The van der Waals surface area contributed by atoms with Crippen molar-refractivity contribution in [2.24, 2.45) is 0 Å². The summed E-state index contributed by atoms with van der Waals surface area (Å²) in [5, 5.41) is 8.24. The van der Waals surface area contributed by atoms with Gasteiger partial charge in [-0.05, 0) is 36.8 Å². The van der Waals surface area contributed by atoms with Crippen LogP contribution in [0.4, 0.5) is 0 Å². The molecule has 1 aromatic heterocycles. The Morgan fingerprint density at radius 3 is 2.33 bits per heavy atom. The van der Waals surface area contributed by atoms with E-state index in [1.807, 2.05) is 29.2 Å². The van der Waals surface area contributed by atoms with Crippen LogP contribution in [-0.4, -0.2) is 45.0 Å². The number of hydrogen-bond donors (Lipinski definition) is 0. The fourth-order valence-corrected chi connectivity index (χ4v) is 3.77. The van der Waals surface area contributed by atoms with Crippen LogP contribution in [0, 0.1) is 0 Å². The van der Waals surface area contributed by atoms with Crippen molar-refractivity contribution in [3.63, 3.8) is 0 Å². The maximum Gasteiger partial charge on any atom is 0.276 e. The largest absolute Gasteiger partial charge is 0.373 e. The lowest BCUT2D eigenvalue weighted by Gasteiger charge is -2.31. The first-order chi connectivity index (χ1) is 14.8. The maximum absolute atomic E-state index is 12.8. The van der Waals surface area contributed by atoms with E-state index in [0.717, 1.165) is 32.2 Å². The molecule has 2 aromatic carbocycles. The molecule has 1 aliphatic rings. The van der Waals surface area contributed by atoms with Crippen LogP contribution in [0.15, 0.2) is 66.9 Å². The van der Waals surface area contributed by atoms with Gasteiger partial charge in [-0.3, -0.25) is 9.48 Å². The van der Waals surface area contributed by atoms with E-state index >= 15 is 0 Å². The van der Waals surface area contributed by atoms with Crippen molar-refractivity contribution in [1.29, 1.82) is 0 Å². The highest BCUT2D eigenvalue weighted by molar-refractivity contribution is 5.92. The molecule has 6 nitrogen and oxygen atoms in total. The minimum absolute atomic E-state index is 0.0363. The number of rotatable bonds is 8. The minimum Gasteiger partial charge on any atom is -0.373 e. The third kappa shape index (κ3) is 5.54. The molecule has 0 radical (unpaired) electrons. The Morgan fingerprint density at radius 1 is 0.967 bits per heavy atom. The van der Waals surface area contributed by atoms with Gasteiger partial charge in [0.25, 0.3) is 5.91 Å². The van der Waals surface area contributed by atoms with Crippen molar-refractivity contribution in [2.45, 2.75) is 44.9 Å².